The van der Waals surface area contributed by atoms with Crippen LogP contribution in [0.4, 0.5) is 22.0 Å². The lowest BCUT2D eigenvalue weighted by Crippen LogP contribution is -2.35. The Morgan fingerprint density at radius 1 is 1.14 bits per heavy atom. The van der Waals surface area contributed by atoms with Gasteiger partial charge in [0.15, 0.2) is 0 Å². The number of halogens is 5. The van der Waals surface area contributed by atoms with Gasteiger partial charge in [0.2, 0.25) is 10.0 Å². The summed E-state index contributed by atoms with van der Waals surface area (Å²) in [5.41, 5.74) is -0.920. The third-order valence-corrected chi connectivity index (χ3v) is 7.75. The minimum absolute atomic E-state index is 0.0748. The number of hydrogen-bond donors (Lipinski definition) is 1. The van der Waals surface area contributed by atoms with Gasteiger partial charge in [0.25, 0.3) is 12.9 Å². The van der Waals surface area contributed by atoms with Crippen molar-refractivity contribution in [1.29, 1.82) is 0 Å². The van der Waals surface area contributed by atoms with Crippen molar-refractivity contribution in [2.45, 2.75) is 64.3 Å². The SMILES string of the molecule is CC(C)(C)Cn1cc([C@H](NS(=O)(=O)C2CC2)C(F)F)c2cc(F)c(-c3cccnc3C(F)F)cc21. The second-order valence-electron chi connectivity index (χ2n) is 10.0. The largest absolute Gasteiger partial charge is 0.347 e. The highest BCUT2D eigenvalue weighted by molar-refractivity contribution is 7.90. The van der Waals surface area contributed by atoms with Gasteiger partial charge in [-0.1, -0.05) is 26.8 Å². The fraction of sp³-hybridized carbons (Fsp3) is 0.458. The summed E-state index contributed by atoms with van der Waals surface area (Å²) in [5.74, 6) is -0.903. The predicted molar refractivity (Wildman–Crippen MR) is 123 cm³/mol. The summed E-state index contributed by atoms with van der Waals surface area (Å²) in [6, 6.07) is 3.18. The van der Waals surface area contributed by atoms with E-state index in [4.69, 9.17) is 0 Å². The lowest BCUT2D eigenvalue weighted by Gasteiger charge is -2.20. The molecule has 0 bridgehead atoms. The molecule has 0 spiro atoms. The van der Waals surface area contributed by atoms with Crippen molar-refractivity contribution in [3.05, 3.63) is 53.7 Å². The summed E-state index contributed by atoms with van der Waals surface area (Å²) < 4.78 is 99.3. The Hall–Kier alpha value is -2.53. The van der Waals surface area contributed by atoms with Gasteiger partial charge in [0.1, 0.15) is 17.6 Å². The van der Waals surface area contributed by atoms with Gasteiger partial charge in [0.05, 0.1) is 5.25 Å². The molecule has 4 rings (SSSR count). The quantitative estimate of drug-likeness (QED) is 0.363. The molecule has 0 radical (unpaired) electrons. The van der Waals surface area contributed by atoms with Gasteiger partial charge in [-0.05, 0) is 36.5 Å². The van der Waals surface area contributed by atoms with E-state index in [1.165, 1.54) is 30.6 Å². The first-order valence-electron chi connectivity index (χ1n) is 11.1. The number of sulfonamides is 1. The zero-order valence-corrected chi connectivity index (χ0v) is 20.2. The van der Waals surface area contributed by atoms with E-state index in [2.05, 4.69) is 9.71 Å². The summed E-state index contributed by atoms with van der Waals surface area (Å²) >= 11 is 0. The van der Waals surface area contributed by atoms with Gasteiger partial charge in [-0.15, -0.1) is 0 Å². The molecule has 2 heterocycles. The normalized spacial score (nSPS) is 15.9. The van der Waals surface area contributed by atoms with Gasteiger partial charge in [-0.25, -0.2) is 35.1 Å². The molecule has 1 N–H and O–H groups in total. The molecule has 1 aliphatic rings. The molecule has 1 aromatic carbocycles. The number of pyridine rings is 1. The predicted octanol–water partition coefficient (Wildman–Crippen LogP) is 6.21. The summed E-state index contributed by atoms with van der Waals surface area (Å²) in [4.78, 5) is 3.68. The maximum absolute atomic E-state index is 15.3. The topological polar surface area (TPSA) is 64.0 Å². The van der Waals surface area contributed by atoms with Crippen LogP contribution in [-0.4, -0.2) is 29.6 Å². The lowest BCUT2D eigenvalue weighted by molar-refractivity contribution is 0.109. The number of hydrogen-bond acceptors (Lipinski definition) is 3. The van der Waals surface area contributed by atoms with Gasteiger partial charge >= 0.3 is 0 Å². The van der Waals surface area contributed by atoms with E-state index >= 15 is 4.39 Å². The third kappa shape index (κ3) is 5.35. The van der Waals surface area contributed by atoms with Crippen LogP contribution in [0.5, 0.6) is 0 Å². The molecule has 1 atom stereocenters. The Kier molecular flexibility index (Phi) is 6.69. The van der Waals surface area contributed by atoms with E-state index in [1.54, 1.807) is 4.57 Å². The minimum Gasteiger partial charge on any atom is -0.347 e. The van der Waals surface area contributed by atoms with Gasteiger partial charge in [-0.3, -0.25) is 4.98 Å². The van der Waals surface area contributed by atoms with E-state index in [0.717, 1.165) is 6.07 Å². The average Bonchev–Trinajstić information content (AvgIpc) is 3.56. The second-order valence-corrected chi connectivity index (χ2v) is 12.0. The molecule has 1 fully saturated rings. The summed E-state index contributed by atoms with van der Waals surface area (Å²) in [6.07, 6.45) is -2.68. The first-order chi connectivity index (χ1) is 16.3. The van der Waals surface area contributed by atoms with E-state index in [-0.39, 0.29) is 27.5 Å². The van der Waals surface area contributed by atoms with Crippen LogP contribution in [0.2, 0.25) is 0 Å². The fourth-order valence-corrected chi connectivity index (χ4v) is 5.69. The number of fused-ring (bicyclic) bond motifs is 1. The first kappa shape index (κ1) is 25.6. The molecule has 2 aromatic heterocycles. The fourth-order valence-electron chi connectivity index (χ4n) is 4.16. The summed E-state index contributed by atoms with van der Waals surface area (Å²) in [5, 5.41) is -0.629. The van der Waals surface area contributed by atoms with Crippen LogP contribution in [0.25, 0.3) is 22.0 Å². The standard InChI is InChI=1S/C24H26F5N3O2S/c1-24(2,3)12-32-11-17(21(23(28)29)31-35(33,34)13-6-7-13)16-9-18(25)15(10-19(16)32)14-5-4-8-30-20(14)22(26)27/h4-5,8-11,13,21-23,31H,6-7,12H2,1-3H3/t21-/m0/s1. The van der Waals surface area contributed by atoms with Crippen LogP contribution in [0.15, 0.2) is 36.7 Å². The van der Waals surface area contributed by atoms with Crippen LogP contribution >= 0.6 is 0 Å². The smallest absolute Gasteiger partial charge is 0.280 e. The summed E-state index contributed by atoms with van der Waals surface area (Å²) in [6.45, 7) is 6.08. The molecule has 1 aliphatic carbocycles. The number of rotatable bonds is 8. The number of aromatic nitrogens is 2. The van der Waals surface area contributed by atoms with Crippen LogP contribution in [-0.2, 0) is 16.6 Å². The molecular weight excluding hydrogens is 489 g/mol. The van der Waals surface area contributed by atoms with Crippen LogP contribution in [0.1, 0.15) is 57.3 Å². The molecule has 0 unspecified atom stereocenters. The average molecular weight is 516 g/mol. The Bertz CT molecular complexity index is 1350. The molecule has 0 aliphatic heterocycles. The van der Waals surface area contributed by atoms with Crippen molar-refractivity contribution in [2.75, 3.05) is 0 Å². The van der Waals surface area contributed by atoms with Gasteiger partial charge < -0.3 is 4.57 Å². The van der Waals surface area contributed by atoms with Crippen molar-refractivity contribution < 1.29 is 30.4 Å². The molecule has 190 valence electrons. The number of nitrogens with zero attached hydrogens (tertiary/aromatic N) is 2. The second kappa shape index (κ2) is 9.16. The first-order valence-corrected chi connectivity index (χ1v) is 12.7. The minimum atomic E-state index is -3.98. The Morgan fingerprint density at radius 2 is 1.83 bits per heavy atom. The van der Waals surface area contributed by atoms with E-state index < -0.39 is 45.7 Å². The zero-order valence-electron chi connectivity index (χ0n) is 19.4. The molecule has 11 heteroatoms. The number of nitrogens with one attached hydrogen (secondary N) is 1. The molecule has 3 aromatic rings. The van der Waals surface area contributed by atoms with Crippen molar-refractivity contribution in [1.82, 2.24) is 14.3 Å². The lowest BCUT2D eigenvalue weighted by atomic mass is 9.96. The molecule has 35 heavy (non-hydrogen) atoms. The van der Waals surface area contributed by atoms with E-state index in [1.807, 2.05) is 20.8 Å². The molecule has 0 saturated heterocycles. The molecule has 0 amide bonds. The third-order valence-electron chi connectivity index (χ3n) is 5.82. The number of alkyl halides is 4. The molecular formula is C24H26F5N3O2S. The Labute approximate surface area is 200 Å². The Balaban J connectivity index is 1.92. The monoisotopic (exact) mass is 515 g/mol. The van der Waals surface area contributed by atoms with Crippen molar-refractivity contribution in [2.24, 2.45) is 5.41 Å². The van der Waals surface area contributed by atoms with Gasteiger partial charge in [0, 0.05) is 46.5 Å². The van der Waals surface area contributed by atoms with Crippen molar-refractivity contribution >= 4 is 20.9 Å². The highest BCUT2D eigenvalue weighted by atomic mass is 32.2. The highest BCUT2D eigenvalue weighted by Crippen LogP contribution is 2.39. The summed E-state index contributed by atoms with van der Waals surface area (Å²) in [7, 11) is -3.98. The Morgan fingerprint density at radius 3 is 2.40 bits per heavy atom. The van der Waals surface area contributed by atoms with Crippen molar-refractivity contribution in [3.63, 3.8) is 0 Å². The molecule has 5 nitrogen and oxygen atoms in total. The maximum atomic E-state index is 15.3. The van der Waals surface area contributed by atoms with Crippen LogP contribution in [0, 0.1) is 11.2 Å². The van der Waals surface area contributed by atoms with E-state index in [9.17, 15) is 26.0 Å². The van der Waals surface area contributed by atoms with E-state index in [0.29, 0.717) is 24.9 Å². The van der Waals surface area contributed by atoms with Crippen molar-refractivity contribution in [3.8, 4) is 11.1 Å². The van der Waals surface area contributed by atoms with Gasteiger partial charge in [-0.2, -0.15) is 0 Å². The maximum Gasteiger partial charge on any atom is 0.280 e. The molecule has 1 saturated carbocycles. The van der Waals surface area contributed by atoms with Crippen LogP contribution < -0.4 is 4.72 Å². The number of benzene rings is 1. The highest BCUT2D eigenvalue weighted by Gasteiger charge is 2.40. The zero-order chi connectivity index (χ0) is 25.7. The van der Waals surface area contributed by atoms with Crippen LogP contribution in [0.3, 0.4) is 0 Å².